The molecule has 0 saturated heterocycles. The molecule has 0 aromatic carbocycles. The molecule has 0 amide bonds. The molecular formula is C21H31NO. The average Bonchev–Trinajstić information content (AvgIpc) is 2.82. The molecule has 0 bridgehead atoms. The van der Waals surface area contributed by atoms with E-state index in [4.69, 9.17) is 9.40 Å². The van der Waals surface area contributed by atoms with Crippen LogP contribution in [-0.4, -0.2) is 4.98 Å². The van der Waals surface area contributed by atoms with E-state index in [-0.39, 0.29) is 5.41 Å². The number of rotatable bonds is 5. The highest BCUT2D eigenvalue weighted by atomic mass is 16.4. The van der Waals surface area contributed by atoms with Crippen LogP contribution in [0.2, 0.25) is 0 Å². The van der Waals surface area contributed by atoms with E-state index < -0.39 is 0 Å². The zero-order valence-corrected chi connectivity index (χ0v) is 15.4. The van der Waals surface area contributed by atoms with Crippen LogP contribution in [0, 0.1) is 22.7 Å². The molecule has 126 valence electrons. The van der Waals surface area contributed by atoms with Crippen LogP contribution >= 0.6 is 0 Å². The largest absolute Gasteiger partial charge is 0.441 e. The Labute approximate surface area is 141 Å². The van der Waals surface area contributed by atoms with E-state index in [0.717, 1.165) is 29.7 Å². The summed E-state index contributed by atoms with van der Waals surface area (Å²) in [7, 11) is 0. The summed E-state index contributed by atoms with van der Waals surface area (Å²) < 4.78 is 6.09. The fourth-order valence-corrected chi connectivity index (χ4v) is 3.97. The highest BCUT2D eigenvalue weighted by Gasteiger charge is 2.42. The topological polar surface area (TPSA) is 26.0 Å². The van der Waals surface area contributed by atoms with Gasteiger partial charge >= 0.3 is 0 Å². The van der Waals surface area contributed by atoms with Crippen LogP contribution in [0.25, 0.3) is 12.2 Å². The molecule has 2 aliphatic carbocycles. The highest BCUT2D eigenvalue weighted by Crippen LogP contribution is 2.51. The molecule has 0 spiro atoms. The molecule has 1 saturated carbocycles. The highest BCUT2D eigenvalue weighted by molar-refractivity contribution is 5.62. The molecule has 1 aromatic rings. The van der Waals surface area contributed by atoms with E-state index in [9.17, 15) is 0 Å². The van der Waals surface area contributed by atoms with E-state index in [1.165, 1.54) is 25.7 Å². The van der Waals surface area contributed by atoms with Crippen molar-refractivity contribution in [2.24, 2.45) is 22.7 Å². The lowest BCUT2D eigenvalue weighted by Crippen LogP contribution is -2.38. The zero-order valence-electron chi connectivity index (χ0n) is 15.4. The first-order chi connectivity index (χ1) is 10.9. The molecule has 2 heteroatoms. The third-order valence-corrected chi connectivity index (χ3v) is 6.46. The Hall–Kier alpha value is -1.31. The van der Waals surface area contributed by atoms with Crippen molar-refractivity contribution in [2.45, 2.75) is 66.7 Å². The van der Waals surface area contributed by atoms with Crippen LogP contribution in [0.15, 0.2) is 16.6 Å². The van der Waals surface area contributed by atoms with Crippen molar-refractivity contribution in [2.75, 3.05) is 0 Å². The predicted octanol–water partition coefficient (Wildman–Crippen LogP) is 6.14. The van der Waals surface area contributed by atoms with Crippen LogP contribution < -0.4 is 0 Å². The van der Waals surface area contributed by atoms with E-state index in [0.29, 0.717) is 11.3 Å². The summed E-state index contributed by atoms with van der Waals surface area (Å²) in [6, 6.07) is 0. The van der Waals surface area contributed by atoms with E-state index in [1.54, 1.807) is 0 Å². The van der Waals surface area contributed by atoms with Crippen molar-refractivity contribution in [1.29, 1.82) is 0 Å². The Morgan fingerprint density at radius 3 is 2.61 bits per heavy atom. The number of aromatic nitrogens is 1. The van der Waals surface area contributed by atoms with Crippen LogP contribution in [0.4, 0.5) is 0 Å². The molecule has 2 unspecified atom stereocenters. The van der Waals surface area contributed by atoms with Gasteiger partial charge in [-0.25, -0.2) is 4.98 Å². The van der Waals surface area contributed by atoms with Gasteiger partial charge < -0.3 is 4.42 Å². The summed E-state index contributed by atoms with van der Waals surface area (Å²) in [6.45, 7) is 11.5. The molecule has 0 radical (unpaired) electrons. The predicted molar refractivity (Wildman–Crippen MR) is 97.0 cm³/mol. The first-order valence-corrected chi connectivity index (χ1v) is 9.24. The normalized spacial score (nSPS) is 32.7. The first kappa shape index (κ1) is 16.5. The van der Waals surface area contributed by atoms with E-state index >= 15 is 0 Å². The van der Waals surface area contributed by atoms with Gasteiger partial charge in [-0.3, -0.25) is 0 Å². The molecular weight excluding hydrogens is 282 g/mol. The monoisotopic (exact) mass is 313 g/mol. The molecule has 1 heterocycles. The smallest absolute Gasteiger partial charge is 0.195 e. The van der Waals surface area contributed by atoms with Crippen molar-refractivity contribution < 1.29 is 4.42 Å². The van der Waals surface area contributed by atoms with Gasteiger partial charge in [-0.2, -0.15) is 0 Å². The summed E-state index contributed by atoms with van der Waals surface area (Å²) in [5.41, 5.74) is 1.58. The quantitative estimate of drug-likeness (QED) is 0.653. The second-order valence-corrected chi connectivity index (χ2v) is 8.39. The number of hydrogen-bond acceptors (Lipinski definition) is 2. The van der Waals surface area contributed by atoms with E-state index in [2.05, 4.69) is 58.9 Å². The Kier molecular flexibility index (Phi) is 4.29. The minimum Gasteiger partial charge on any atom is -0.441 e. The Balaban J connectivity index is 1.75. The third kappa shape index (κ3) is 3.05. The van der Waals surface area contributed by atoms with Crippen molar-refractivity contribution in [3.05, 3.63) is 29.5 Å². The lowest BCUT2D eigenvalue weighted by atomic mass is 9.58. The van der Waals surface area contributed by atoms with Gasteiger partial charge in [-0.15, -0.1) is 0 Å². The average molecular weight is 313 g/mol. The second-order valence-electron chi connectivity index (χ2n) is 8.39. The minimum atomic E-state index is 0.0804. The number of allylic oxidation sites excluding steroid dienone is 2. The van der Waals surface area contributed by atoms with Gasteiger partial charge in [0.15, 0.2) is 11.7 Å². The third-order valence-electron chi connectivity index (χ3n) is 6.46. The molecule has 1 fully saturated rings. The van der Waals surface area contributed by atoms with Gasteiger partial charge in [0.25, 0.3) is 0 Å². The summed E-state index contributed by atoms with van der Waals surface area (Å²) in [5, 5.41) is 0. The Morgan fingerprint density at radius 1 is 1.26 bits per heavy atom. The zero-order chi connectivity index (χ0) is 16.7. The Morgan fingerprint density at radius 2 is 2.00 bits per heavy atom. The van der Waals surface area contributed by atoms with Gasteiger partial charge in [0.1, 0.15) is 5.69 Å². The number of hydrogen-bond donors (Lipinski definition) is 0. The van der Waals surface area contributed by atoms with Crippen LogP contribution in [0.3, 0.4) is 0 Å². The van der Waals surface area contributed by atoms with Crippen molar-refractivity contribution in [3.63, 3.8) is 0 Å². The lowest BCUT2D eigenvalue weighted by Gasteiger charge is -2.47. The van der Waals surface area contributed by atoms with Gasteiger partial charge in [-0.1, -0.05) is 53.2 Å². The fraction of sp³-hybridized carbons (Fsp3) is 0.667. The molecule has 3 atom stereocenters. The number of nitrogens with zero attached hydrogens (tertiary/aromatic N) is 1. The lowest BCUT2D eigenvalue weighted by molar-refractivity contribution is 0.0353. The Bertz CT molecular complexity index is 590. The number of oxazole rings is 1. The minimum absolute atomic E-state index is 0.0804. The molecule has 3 rings (SSSR count). The van der Waals surface area contributed by atoms with Gasteiger partial charge in [0.05, 0.1) is 0 Å². The standard InChI is InChI=1S/C21H31NO/c1-6-10-21(5)11-7-16(21)14-19-22-17-8-12-20(4,15(2)3)13-9-18(17)23-19/h8-9,12-13,15-16H,6-7,10-11,14H2,1-5H3/t16-,20?,21?/m0/s1. The second kappa shape index (κ2) is 5.96. The van der Waals surface area contributed by atoms with Crippen molar-refractivity contribution >= 4 is 12.2 Å². The van der Waals surface area contributed by atoms with Crippen LogP contribution in [0.1, 0.15) is 77.6 Å². The molecule has 1 aromatic heterocycles. The maximum Gasteiger partial charge on any atom is 0.195 e. The van der Waals surface area contributed by atoms with Gasteiger partial charge in [0.2, 0.25) is 0 Å². The molecule has 0 aliphatic heterocycles. The maximum absolute atomic E-state index is 6.09. The molecule has 23 heavy (non-hydrogen) atoms. The van der Waals surface area contributed by atoms with Crippen molar-refractivity contribution in [1.82, 2.24) is 4.98 Å². The van der Waals surface area contributed by atoms with Gasteiger partial charge in [0, 0.05) is 11.8 Å². The fourth-order valence-electron chi connectivity index (χ4n) is 3.97. The summed E-state index contributed by atoms with van der Waals surface area (Å²) >= 11 is 0. The summed E-state index contributed by atoms with van der Waals surface area (Å²) in [4.78, 5) is 4.78. The summed E-state index contributed by atoms with van der Waals surface area (Å²) in [5.74, 6) is 3.14. The maximum atomic E-state index is 6.09. The summed E-state index contributed by atoms with van der Waals surface area (Å²) in [6.07, 6.45) is 15.1. The molecule has 2 nitrogen and oxygen atoms in total. The van der Waals surface area contributed by atoms with E-state index in [1.807, 2.05) is 0 Å². The van der Waals surface area contributed by atoms with Crippen molar-refractivity contribution in [3.8, 4) is 0 Å². The molecule has 0 N–H and O–H groups in total. The number of fused-ring (bicyclic) bond motifs is 1. The SMILES string of the molecule is CCCC1(C)CC[C@H]1Cc1nc2c(o1)C=CC(C)(C(C)C)C=C2. The van der Waals surface area contributed by atoms with Crippen LogP contribution in [0.5, 0.6) is 0 Å². The first-order valence-electron chi connectivity index (χ1n) is 9.24. The van der Waals surface area contributed by atoms with Crippen LogP contribution in [-0.2, 0) is 6.42 Å². The molecule has 2 aliphatic rings. The van der Waals surface area contributed by atoms with Gasteiger partial charge in [-0.05, 0) is 48.7 Å².